The van der Waals surface area contributed by atoms with Crippen molar-refractivity contribution < 1.29 is 4.74 Å². The van der Waals surface area contributed by atoms with Crippen molar-refractivity contribution in [1.82, 2.24) is 25.1 Å². The second kappa shape index (κ2) is 7.27. The number of H-pyrrole nitrogens is 2. The maximum Gasteiger partial charge on any atom is 0.159 e. The van der Waals surface area contributed by atoms with Gasteiger partial charge in [0.2, 0.25) is 0 Å². The number of nitrogens with one attached hydrogen (secondary N) is 3. The molecule has 0 atom stereocenters. The van der Waals surface area contributed by atoms with E-state index in [1.807, 2.05) is 54.9 Å². The molecule has 5 aromatic rings. The topological polar surface area (TPSA) is 91.5 Å². The molecule has 0 aliphatic rings. The van der Waals surface area contributed by atoms with E-state index in [1.54, 1.807) is 7.11 Å². The van der Waals surface area contributed by atoms with E-state index in [-0.39, 0.29) is 0 Å². The van der Waals surface area contributed by atoms with Crippen LogP contribution in [0.5, 0.6) is 5.75 Å². The van der Waals surface area contributed by atoms with Gasteiger partial charge in [-0.3, -0.25) is 10.1 Å². The predicted octanol–water partition coefficient (Wildman–Crippen LogP) is 4.16. The van der Waals surface area contributed by atoms with Crippen LogP contribution >= 0.6 is 0 Å². The average molecular weight is 384 g/mol. The summed E-state index contributed by atoms with van der Waals surface area (Å²) in [5.74, 6) is 1.52. The van der Waals surface area contributed by atoms with Gasteiger partial charge in [0.05, 0.1) is 23.7 Å². The first-order valence-corrected chi connectivity index (χ1v) is 9.45. The zero-order valence-corrected chi connectivity index (χ0v) is 15.9. The van der Waals surface area contributed by atoms with Crippen molar-refractivity contribution in [3.63, 3.8) is 0 Å². The van der Waals surface area contributed by atoms with E-state index < -0.39 is 0 Å². The largest absolute Gasteiger partial charge is 0.497 e. The van der Waals surface area contributed by atoms with Crippen molar-refractivity contribution >= 4 is 27.6 Å². The summed E-state index contributed by atoms with van der Waals surface area (Å²) in [4.78, 5) is 12.2. The van der Waals surface area contributed by atoms with Crippen LogP contribution in [0.3, 0.4) is 0 Å². The predicted molar refractivity (Wildman–Crippen MR) is 114 cm³/mol. The van der Waals surface area contributed by atoms with Crippen LogP contribution in [0.1, 0.15) is 5.56 Å². The standard InChI is InChI=1S/C22H20N6O/c1-29-16-3-5-18-17(13-16)21(28-27-18)22-25-19-4-2-15(12-20(19)26-22)24-11-8-14-6-9-23-10-7-14/h2-7,9-10,12-13,24H,8,11H2,1H3,(H,25,26)(H,27,28). The lowest BCUT2D eigenvalue weighted by Gasteiger charge is -2.06. The molecule has 144 valence electrons. The number of fused-ring (bicyclic) bond motifs is 2. The number of methoxy groups -OCH3 is 1. The van der Waals surface area contributed by atoms with Crippen molar-refractivity contribution in [1.29, 1.82) is 0 Å². The maximum atomic E-state index is 5.34. The van der Waals surface area contributed by atoms with E-state index in [9.17, 15) is 0 Å². The van der Waals surface area contributed by atoms with Gasteiger partial charge in [-0.05, 0) is 60.5 Å². The summed E-state index contributed by atoms with van der Waals surface area (Å²) >= 11 is 0. The molecular weight excluding hydrogens is 364 g/mol. The molecule has 0 spiro atoms. The highest BCUT2D eigenvalue weighted by molar-refractivity contribution is 5.94. The first kappa shape index (κ1) is 17.2. The van der Waals surface area contributed by atoms with Crippen LogP contribution in [0.2, 0.25) is 0 Å². The van der Waals surface area contributed by atoms with Gasteiger partial charge in [-0.2, -0.15) is 5.10 Å². The Hall–Kier alpha value is -3.87. The lowest BCUT2D eigenvalue weighted by Crippen LogP contribution is -2.04. The molecule has 7 nitrogen and oxygen atoms in total. The first-order chi connectivity index (χ1) is 14.3. The van der Waals surface area contributed by atoms with Crippen LogP contribution in [0, 0.1) is 0 Å². The van der Waals surface area contributed by atoms with Crippen LogP contribution in [-0.4, -0.2) is 38.8 Å². The maximum absolute atomic E-state index is 5.34. The summed E-state index contributed by atoms with van der Waals surface area (Å²) in [5, 5.41) is 11.9. The number of hydrogen-bond acceptors (Lipinski definition) is 5. The molecule has 0 bridgehead atoms. The highest BCUT2D eigenvalue weighted by Crippen LogP contribution is 2.29. The molecule has 2 aromatic carbocycles. The Balaban J connectivity index is 1.39. The quantitative estimate of drug-likeness (QED) is 0.409. The smallest absolute Gasteiger partial charge is 0.159 e. The zero-order valence-electron chi connectivity index (χ0n) is 15.9. The van der Waals surface area contributed by atoms with Crippen molar-refractivity contribution in [2.45, 2.75) is 6.42 Å². The molecule has 0 saturated heterocycles. The number of ether oxygens (including phenoxy) is 1. The van der Waals surface area contributed by atoms with E-state index in [2.05, 4.69) is 31.5 Å². The third kappa shape index (κ3) is 3.38. The Morgan fingerprint density at radius 3 is 2.76 bits per heavy atom. The molecule has 0 amide bonds. The minimum atomic E-state index is 0.730. The van der Waals surface area contributed by atoms with Crippen LogP contribution < -0.4 is 10.1 Å². The molecular formula is C22H20N6O. The van der Waals surface area contributed by atoms with E-state index in [0.717, 1.165) is 57.9 Å². The number of aromatic amines is 2. The minimum Gasteiger partial charge on any atom is -0.497 e. The molecule has 3 N–H and O–H groups in total. The van der Waals surface area contributed by atoms with Gasteiger partial charge >= 0.3 is 0 Å². The number of anilines is 1. The Morgan fingerprint density at radius 1 is 1.00 bits per heavy atom. The number of aromatic nitrogens is 5. The third-order valence-electron chi connectivity index (χ3n) is 4.97. The second-order valence-corrected chi connectivity index (χ2v) is 6.83. The molecule has 7 heteroatoms. The number of pyridine rings is 1. The molecule has 0 aliphatic carbocycles. The fraction of sp³-hybridized carbons (Fsp3) is 0.136. The zero-order chi connectivity index (χ0) is 19.6. The first-order valence-electron chi connectivity index (χ1n) is 9.45. The highest BCUT2D eigenvalue weighted by atomic mass is 16.5. The van der Waals surface area contributed by atoms with Gasteiger partial charge in [0.15, 0.2) is 5.82 Å². The minimum absolute atomic E-state index is 0.730. The number of nitrogens with zero attached hydrogens (tertiary/aromatic N) is 3. The number of benzene rings is 2. The highest BCUT2D eigenvalue weighted by Gasteiger charge is 2.13. The molecule has 5 rings (SSSR count). The van der Waals surface area contributed by atoms with Gasteiger partial charge in [-0.15, -0.1) is 0 Å². The van der Waals surface area contributed by atoms with Gasteiger partial charge in [0.1, 0.15) is 11.4 Å². The fourth-order valence-corrected chi connectivity index (χ4v) is 3.43. The summed E-state index contributed by atoms with van der Waals surface area (Å²) in [6, 6.07) is 16.0. The normalized spacial score (nSPS) is 11.2. The van der Waals surface area contributed by atoms with Gasteiger partial charge in [-0.1, -0.05) is 0 Å². The molecule has 0 aliphatic heterocycles. The Kier molecular flexibility index (Phi) is 4.32. The van der Waals surface area contributed by atoms with Crippen LogP contribution in [0.4, 0.5) is 5.69 Å². The molecule has 0 fully saturated rings. The van der Waals surface area contributed by atoms with E-state index in [4.69, 9.17) is 9.72 Å². The van der Waals surface area contributed by atoms with Gasteiger partial charge in [0, 0.05) is 30.0 Å². The molecule has 29 heavy (non-hydrogen) atoms. The van der Waals surface area contributed by atoms with Crippen LogP contribution in [0.25, 0.3) is 33.5 Å². The monoisotopic (exact) mass is 384 g/mol. The summed E-state index contributed by atoms with van der Waals surface area (Å²) in [6.45, 7) is 0.848. The molecule has 0 radical (unpaired) electrons. The third-order valence-corrected chi connectivity index (χ3v) is 4.97. The number of imidazole rings is 1. The van der Waals surface area contributed by atoms with Gasteiger partial charge < -0.3 is 15.0 Å². The Morgan fingerprint density at radius 2 is 1.90 bits per heavy atom. The van der Waals surface area contributed by atoms with Gasteiger partial charge in [-0.25, -0.2) is 4.98 Å². The summed E-state index contributed by atoms with van der Waals surface area (Å²) in [5.41, 5.74) is 5.90. The average Bonchev–Trinajstić information content (AvgIpc) is 3.37. The van der Waals surface area contributed by atoms with Crippen molar-refractivity contribution in [3.8, 4) is 17.3 Å². The fourth-order valence-electron chi connectivity index (χ4n) is 3.43. The molecule has 3 heterocycles. The summed E-state index contributed by atoms with van der Waals surface area (Å²) < 4.78 is 5.34. The number of hydrogen-bond donors (Lipinski definition) is 3. The Labute approximate surface area is 167 Å². The number of rotatable bonds is 6. The van der Waals surface area contributed by atoms with Crippen LogP contribution in [0.15, 0.2) is 60.9 Å². The molecule has 0 saturated carbocycles. The Bertz CT molecular complexity index is 1270. The van der Waals surface area contributed by atoms with Crippen molar-refractivity contribution in [3.05, 3.63) is 66.5 Å². The summed E-state index contributed by atoms with van der Waals surface area (Å²) in [6.07, 6.45) is 4.58. The van der Waals surface area contributed by atoms with E-state index in [1.165, 1.54) is 5.56 Å². The SMILES string of the molecule is COc1ccc2[nH]nc(-c3nc4ccc(NCCc5ccncc5)cc4[nH]3)c2c1. The van der Waals surface area contributed by atoms with E-state index in [0.29, 0.717) is 0 Å². The molecule has 0 unspecified atom stereocenters. The van der Waals surface area contributed by atoms with Crippen LogP contribution in [-0.2, 0) is 6.42 Å². The van der Waals surface area contributed by atoms with Crippen molar-refractivity contribution in [2.24, 2.45) is 0 Å². The lowest BCUT2D eigenvalue weighted by molar-refractivity contribution is 0.415. The lowest BCUT2D eigenvalue weighted by atomic mass is 10.2. The second-order valence-electron chi connectivity index (χ2n) is 6.83. The summed E-state index contributed by atoms with van der Waals surface area (Å²) in [7, 11) is 1.66. The molecule has 3 aromatic heterocycles. The van der Waals surface area contributed by atoms with Crippen molar-refractivity contribution in [2.75, 3.05) is 19.0 Å². The van der Waals surface area contributed by atoms with E-state index >= 15 is 0 Å². The van der Waals surface area contributed by atoms with Gasteiger partial charge in [0.25, 0.3) is 0 Å².